The number of rotatable bonds is 3. The van der Waals surface area contributed by atoms with E-state index < -0.39 is 0 Å². The van der Waals surface area contributed by atoms with Gasteiger partial charge in [0.05, 0.1) is 12.2 Å². The maximum Gasteiger partial charge on any atom is 0.100 e. The van der Waals surface area contributed by atoms with Gasteiger partial charge in [0, 0.05) is 0 Å². The molecule has 0 aliphatic carbocycles. The lowest BCUT2D eigenvalue weighted by Crippen LogP contribution is -2.28. The summed E-state index contributed by atoms with van der Waals surface area (Å²) in [6.07, 6.45) is 2.95. The fourth-order valence-electron chi connectivity index (χ4n) is 1.01. The minimum Gasteiger partial charge on any atom is -0.393 e. The van der Waals surface area contributed by atoms with Gasteiger partial charge in [0.25, 0.3) is 0 Å². The first-order valence-electron chi connectivity index (χ1n) is 5.87. The van der Waals surface area contributed by atoms with Crippen LogP contribution in [0, 0.1) is 47.4 Å². The van der Waals surface area contributed by atoms with Crippen LogP contribution in [0.3, 0.4) is 0 Å². The monoisotopic (exact) mass is 254 g/mol. The number of hydrogen-bond donors (Lipinski definition) is 1. The summed E-state index contributed by atoms with van der Waals surface area (Å²) >= 11 is 0. The van der Waals surface area contributed by atoms with Gasteiger partial charge in [-0.25, -0.2) is 0 Å². The molecule has 0 aliphatic heterocycles. The summed E-state index contributed by atoms with van der Waals surface area (Å²) in [5, 5.41) is 9.13. The SMILES string of the molecule is CC#CC#CC#CC#CC=CC(CO)OC(C)(C)C. The lowest BCUT2D eigenvalue weighted by atomic mass is 10.2. The summed E-state index contributed by atoms with van der Waals surface area (Å²) in [6, 6.07) is 0. The van der Waals surface area contributed by atoms with Gasteiger partial charge in [-0.15, -0.1) is 0 Å². The summed E-state index contributed by atoms with van der Waals surface area (Å²) in [6.45, 7) is 7.42. The molecule has 2 nitrogen and oxygen atoms in total. The van der Waals surface area contributed by atoms with E-state index in [1.807, 2.05) is 20.8 Å². The average Bonchev–Trinajstić information content (AvgIpc) is 2.34. The van der Waals surface area contributed by atoms with Gasteiger partial charge in [0.2, 0.25) is 0 Å². The molecule has 2 heteroatoms. The van der Waals surface area contributed by atoms with Crippen LogP contribution in [-0.4, -0.2) is 23.4 Å². The number of ether oxygens (including phenoxy) is 1. The zero-order valence-electron chi connectivity index (χ0n) is 11.8. The van der Waals surface area contributed by atoms with E-state index in [2.05, 4.69) is 47.4 Å². The lowest BCUT2D eigenvalue weighted by molar-refractivity contribution is -0.0576. The van der Waals surface area contributed by atoms with E-state index in [0.717, 1.165) is 0 Å². The standard InChI is InChI=1S/C17H18O2/c1-5-6-7-8-9-10-11-12-13-14-16(15-18)19-17(2,3)4/h13-14,16,18H,15H2,1-4H3. The van der Waals surface area contributed by atoms with Crippen LogP contribution in [0.4, 0.5) is 0 Å². The van der Waals surface area contributed by atoms with Gasteiger partial charge < -0.3 is 9.84 Å². The van der Waals surface area contributed by atoms with Gasteiger partial charge >= 0.3 is 0 Å². The van der Waals surface area contributed by atoms with Gasteiger partial charge in [-0.2, -0.15) is 0 Å². The van der Waals surface area contributed by atoms with Crippen molar-refractivity contribution in [2.75, 3.05) is 6.61 Å². The molecule has 0 radical (unpaired) electrons. The zero-order chi connectivity index (χ0) is 14.6. The summed E-state index contributed by atoms with van der Waals surface area (Å²) in [7, 11) is 0. The molecule has 0 aromatic carbocycles. The van der Waals surface area contributed by atoms with Crippen molar-refractivity contribution in [3.63, 3.8) is 0 Å². The van der Waals surface area contributed by atoms with E-state index in [1.54, 1.807) is 19.1 Å². The highest BCUT2D eigenvalue weighted by Gasteiger charge is 2.15. The van der Waals surface area contributed by atoms with Crippen LogP contribution in [0.2, 0.25) is 0 Å². The molecule has 0 heterocycles. The van der Waals surface area contributed by atoms with Crippen LogP contribution >= 0.6 is 0 Å². The molecule has 0 spiro atoms. The van der Waals surface area contributed by atoms with Crippen molar-refractivity contribution < 1.29 is 9.84 Å². The molecule has 1 atom stereocenters. The molecule has 0 aromatic rings. The van der Waals surface area contributed by atoms with Crippen LogP contribution in [0.5, 0.6) is 0 Å². The largest absolute Gasteiger partial charge is 0.393 e. The van der Waals surface area contributed by atoms with Crippen molar-refractivity contribution in [1.29, 1.82) is 0 Å². The van der Waals surface area contributed by atoms with Gasteiger partial charge in [0.1, 0.15) is 6.10 Å². The quantitative estimate of drug-likeness (QED) is 0.778. The molecule has 19 heavy (non-hydrogen) atoms. The van der Waals surface area contributed by atoms with Gasteiger partial charge in [0.15, 0.2) is 0 Å². The molecule has 1 unspecified atom stereocenters. The summed E-state index contributed by atoms with van der Waals surface area (Å²) < 4.78 is 5.58. The number of aliphatic hydroxyl groups is 1. The second kappa shape index (κ2) is 9.88. The molecule has 0 aliphatic rings. The van der Waals surface area contributed by atoms with Crippen molar-refractivity contribution >= 4 is 0 Å². The highest BCUT2D eigenvalue weighted by atomic mass is 16.5. The Morgan fingerprint density at radius 1 is 1.05 bits per heavy atom. The second-order valence-electron chi connectivity index (χ2n) is 4.45. The topological polar surface area (TPSA) is 29.5 Å². The first-order chi connectivity index (χ1) is 8.99. The molecule has 0 rings (SSSR count). The average molecular weight is 254 g/mol. The van der Waals surface area contributed by atoms with Crippen LogP contribution in [0.1, 0.15) is 27.7 Å². The molecule has 0 saturated carbocycles. The van der Waals surface area contributed by atoms with E-state index in [1.165, 1.54) is 0 Å². The lowest BCUT2D eigenvalue weighted by Gasteiger charge is -2.24. The van der Waals surface area contributed by atoms with E-state index in [9.17, 15) is 0 Å². The van der Waals surface area contributed by atoms with E-state index >= 15 is 0 Å². The van der Waals surface area contributed by atoms with Gasteiger partial charge in [-0.05, 0) is 75.4 Å². The Balaban J connectivity index is 4.35. The van der Waals surface area contributed by atoms with Crippen molar-refractivity contribution in [2.24, 2.45) is 0 Å². The zero-order valence-corrected chi connectivity index (χ0v) is 11.8. The molecule has 0 bridgehead atoms. The third kappa shape index (κ3) is 12.2. The fraction of sp³-hybridized carbons (Fsp3) is 0.412. The van der Waals surface area contributed by atoms with Crippen molar-refractivity contribution in [1.82, 2.24) is 0 Å². The molecule has 1 N–H and O–H groups in total. The third-order valence-electron chi connectivity index (χ3n) is 1.59. The Kier molecular flexibility index (Phi) is 8.79. The predicted molar refractivity (Wildman–Crippen MR) is 77.6 cm³/mol. The molecule has 0 fully saturated rings. The highest BCUT2D eigenvalue weighted by molar-refractivity contribution is 5.40. The third-order valence-corrected chi connectivity index (χ3v) is 1.59. The maximum absolute atomic E-state index is 9.13. The van der Waals surface area contributed by atoms with Crippen LogP contribution in [0.25, 0.3) is 0 Å². The Hall–Kier alpha value is -2.10. The van der Waals surface area contributed by atoms with Crippen LogP contribution in [-0.2, 0) is 4.74 Å². The molecule has 0 amide bonds. The van der Waals surface area contributed by atoms with E-state index in [4.69, 9.17) is 9.84 Å². The molecular weight excluding hydrogens is 236 g/mol. The van der Waals surface area contributed by atoms with Gasteiger partial charge in [-0.1, -0.05) is 11.8 Å². The molecule has 0 aromatic heterocycles. The Morgan fingerprint density at radius 3 is 2.16 bits per heavy atom. The predicted octanol–water partition coefficient (Wildman–Crippen LogP) is 1.75. The first-order valence-corrected chi connectivity index (χ1v) is 5.87. The number of aliphatic hydroxyl groups excluding tert-OH is 1. The minimum absolute atomic E-state index is 0.0811. The number of allylic oxidation sites excluding steroid dienone is 1. The van der Waals surface area contributed by atoms with E-state index in [-0.39, 0.29) is 18.3 Å². The van der Waals surface area contributed by atoms with Crippen molar-refractivity contribution in [3.05, 3.63) is 12.2 Å². The molecule has 0 saturated heterocycles. The highest BCUT2D eigenvalue weighted by Crippen LogP contribution is 2.11. The van der Waals surface area contributed by atoms with E-state index in [0.29, 0.717) is 0 Å². The fourth-order valence-corrected chi connectivity index (χ4v) is 1.01. The van der Waals surface area contributed by atoms with Gasteiger partial charge in [-0.3, -0.25) is 0 Å². The maximum atomic E-state index is 9.13. The smallest absolute Gasteiger partial charge is 0.100 e. The van der Waals surface area contributed by atoms with Crippen LogP contribution in [0.15, 0.2) is 12.2 Å². The minimum atomic E-state index is -0.359. The van der Waals surface area contributed by atoms with Crippen molar-refractivity contribution in [3.8, 4) is 47.4 Å². The van der Waals surface area contributed by atoms with Crippen LogP contribution < -0.4 is 0 Å². The second-order valence-corrected chi connectivity index (χ2v) is 4.45. The Morgan fingerprint density at radius 2 is 1.63 bits per heavy atom. The van der Waals surface area contributed by atoms with Crippen molar-refractivity contribution in [2.45, 2.75) is 39.4 Å². The molecular formula is C17H18O2. The summed E-state index contributed by atoms with van der Waals surface area (Å²) in [5.41, 5.74) is -0.305. The Labute approximate surface area is 116 Å². The first kappa shape index (κ1) is 16.9. The normalized spacial score (nSPS) is 10.8. The Bertz CT molecular complexity index is 532. The molecule has 98 valence electrons. The summed E-state index contributed by atoms with van der Waals surface area (Å²) in [5.74, 6) is 20.8. The summed E-state index contributed by atoms with van der Waals surface area (Å²) in [4.78, 5) is 0. The number of hydrogen-bond acceptors (Lipinski definition) is 2.